The topological polar surface area (TPSA) is 73.6 Å². The number of nitrogens with one attached hydrogen (secondary N) is 1. The van der Waals surface area contributed by atoms with Gasteiger partial charge in [0.15, 0.2) is 11.6 Å². The Labute approximate surface area is 142 Å². The minimum absolute atomic E-state index is 0.00562. The van der Waals surface area contributed by atoms with Crippen LogP contribution in [0.5, 0.6) is 5.75 Å². The second-order valence-corrected chi connectivity index (χ2v) is 6.82. The van der Waals surface area contributed by atoms with Crippen LogP contribution in [0.2, 0.25) is 0 Å². The molecule has 0 saturated heterocycles. The third-order valence-electron chi connectivity index (χ3n) is 5.15. The molecule has 0 aromatic heterocycles. The summed E-state index contributed by atoms with van der Waals surface area (Å²) in [5, 5.41) is 2.87. The van der Waals surface area contributed by atoms with Crippen molar-refractivity contribution in [2.24, 2.45) is 11.1 Å². The Morgan fingerprint density at radius 3 is 2.71 bits per heavy atom. The SMILES string of the molecule is CCOC1CC(N)(C(=O)NCCc2ccc(OC)c(F)c2)C1(C)C. The molecular weight excluding hydrogens is 311 g/mol. The van der Waals surface area contributed by atoms with E-state index in [2.05, 4.69) is 5.32 Å². The fourth-order valence-electron chi connectivity index (χ4n) is 3.16. The van der Waals surface area contributed by atoms with Crippen LogP contribution in [0.15, 0.2) is 18.2 Å². The predicted octanol–water partition coefficient (Wildman–Crippen LogP) is 2.03. The number of rotatable bonds is 7. The number of carbonyl (C=O) groups excluding carboxylic acids is 1. The maximum absolute atomic E-state index is 13.7. The summed E-state index contributed by atoms with van der Waals surface area (Å²) in [7, 11) is 1.43. The minimum Gasteiger partial charge on any atom is -0.494 e. The van der Waals surface area contributed by atoms with Gasteiger partial charge in [-0.2, -0.15) is 0 Å². The van der Waals surface area contributed by atoms with Crippen molar-refractivity contribution in [2.75, 3.05) is 20.3 Å². The van der Waals surface area contributed by atoms with E-state index in [1.165, 1.54) is 13.2 Å². The molecule has 0 radical (unpaired) electrons. The van der Waals surface area contributed by atoms with Gasteiger partial charge in [0.1, 0.15) is 5.54 Å². The number of ether oxygens (including phenoxy) is 2. The van der Waals surface area contributed by atoms with Crippen molar-refractivity contribution < 1.29 is 18.7 Å². The summed E-state index contributed by atoms with van der Waals surface area (Å²) in [6, 6.07) is 4.78. The van der Waals surface area contributed by atoms with Crippen LogP contribution in [0.4, 0.5) is 4.39 Å². The lowest BCUT2D eigenvalue weighted by molar-refractivity contribution is -0.170. The quantitative estimate of drug-likeness (QED) is 0.798. The van der Waals surface area contributed by atoms with Gasteiger partial charge in [-0.15, -0.1) is 0 Å². The molecule has 5 nitrogen and oxygen atoms in total. The largest absolute Gasteiger partial charge is 0.494 e. The van der Waals surface area contributed by atoms with Gasteiger partial charge in [0.25, 0.3) is 0 Å². The zero-order chi connectivity index (χ0) is 18.0. The van der Waals surface area contributed by atoms with Crippen LogP contribution in [-0.2, 0) is 16.0 Å². The van der Waals surface area contributed by atoms with Gasteiger partial charge < -0.3 is 20.5 Å². The average Bonchev–Trinajstić information content (AvgIpc) is 2.54. The number of amides is 1. The maximum Gasteiger partial charge on any atom is 0.240 e. The average molecular weight is 338 g/mol. The van der Waals surface area contributed by atoms with Gasteiger partial charge in [0, 0.05) is 25.0 Å². The molecule has 1 amide bonds. The zero-order valence-electron chi connectivity index (χ0n) is 14.8. The van der Waals surface area contributed by atoms with E-state index in [4.69, 9.17) is 15.2 Å². The highest BCUT2D eigenvalue weighted by molar-refractivity contribution is 5.88. The summed E-state index contributed by atoms with van der Waals surface area (Å²) in [4.78, 5) is 12.5. The third kappa shape index (κ3) is 3.26. The first kappa shape index (κ1) is 18.7. The first-order chi connectivity index (χ1) is 11.3. The van der Waals surface area contributed by atoms with Gasteiger partial charge in [-0.3, -0.25) is 4.79 Å². The van der Waals surface area contributed by atoms with Crippen molar-refractivity contribution >= 4 is 5.91 Å². The number of halogens is 1. The molecule has 0 heterocycles. The molecule has 1 fully saturated rings. The molecule has 1 saturated carbocycles. The van der Waals surface area contributed by atoms with E-state index in [1.54, 1.807) is 12.1 Å². The molecular formula is C18H27FN2O3. The first-order valence-electron chi connectivity index (χ1n) is 8.27. The van der Waals surface area contributed by atoms with Crippen molar-refractivity contribution in [1.82, 2.24) is 5.32 Å². The molecule has 2 rings (SSSR count). The second-order valence-electron chi connectivity index (χ2n) is 6.82. The highest BCUT2D eigenvalue weighted by atomic mass is 19.1. The van der Waals surface area contributed by atoms with Gasteiger partial charge >= 0.3 is 0 Å². The van der Waals surface area contributed by atoms with Crippen molar-refractivity contribution in [3.8, 4) is 5.75 Å². The highest BCUT2D eigenvalue weighted by Crippen LogP contribution is 2.49. The molecule has 134 valence electrons. The third-order valence-corrected chi connectivity index (χ3v) is 5.15. The molecule has 2 unspecified atom stereocenters. The molecule has 1 aliphatic carbocycles. The van der Waals surface area contributed by atoms with Crippen LogP contribution >= 0.6 is 0 Å². The number of methoxy groups -OCH3 is 1. The first-order valence-corrected chi connectivity index (χ1v) is 8.27. The summed E-state index contributed by atoms with van der Waals surface area (Å²) >= 11 is 0. The van der Waals surface area contributed by atoms with E-state index in [9.17, 15) is 9.18 Å². The Morgan fingerprint density at radius 1 is 1.46 bits per heavy atom. The van der Waals surface area contributed by atoms with E-state index in [1.807, 2.05) is 20.8 Å². The van der Waals surface area contributed by atoms with Crippen LogP contribution < -0.4 is 15.8 Å². The van der Waals surface area contributed by atoms with E-state index < -0.39 is 16.8 Å². The van der Waals surface area contributed by atoms with E-state index in [0.29, 0.717) is 26.0 Å². The van der Waals surface area contributed by atoms with E-state index >= 15 is 0 Å². The normalized spacial score (nSPS) is 25.0. The van der Waals surface area contributed by atoms with Crippen molar-refractivity contribution in [2.45, 2.75) is 45.3 Å². The molecule has 6 heteroatoms. The molecule has 1 aromatic rings. The lowest BCUT2D eigenvalue weighted by Crippen LogP contribution is -2.75. The van der Waals surface area contributed by atoms with Gasteiger partial charge in [0.05, 0.1) is 13.2 Å². The van der Waals surface area contributed by atoms with Crippen LogP contribution in [0.25, 0.3) is 0 Å². The number of nitrogens with two attached hydrogens (primary N) is 1. The minimum atomic E-state index is -0.933. The Balaban J connectivity index is 1.89. The summed E-state index contributed by atoms with van der Waals surface area (Å²) in [5.74, 6) is -0.379. The molecule has 0 aliphatic heterocycles. The summed E-state index contributed by atoms with van der Waals surface area (Å²) in [5.41, 5.74) is 5.76. The summed E-state index contributed by atoms with van der Waals surface area (Å²) in [6.07, 6.45) is 1.03. The number of carbonyl (C=O) groups is 1. The van der Waals surface area contributed by atoms with E-state index in [0.717, 1.165) is 5.56 Å². The fourth-order valence-corrected chi connectivity index (χ4v) is 3.16. The lowest BCUT2D eigenvalue weighted by atomic mass is 9.54. The number of hydrogen-bond acceptors (Lipinski definition) is 4. The molecule has 0 bridgehead atoms. The summed E-state index contributed by atoms with van der Waals surface area (Å²) < 4.78 is 24.2. The van der Waals surface area contributed by atoms with Crippen LogP contribution in [0.3, 0.4) is 0 Å². The van der Waals surface area contributed by atoms with Crippen LogP contribution in [0.1, 0.15) is 32.8 Å². The molecule has 24 heavy (non-hydrogen) atoms. The molecule has 0 spiro atoms. The van der Waals surface area contributed by atoms with Crippen molar-refractivity contribution in [3.05, 3.63) is 29.6 Å². The smallest absolute Gasteiger partial charge is 0.240 e. The monoisotopic (exact) mass is 338 g/mol. The Kier molecular flexibility index (Phi) is 5.50. The number of hydrogen-bond donors (Lipinski definition) is 2. The Bertz CT molecular complexity index is 606. The fraction of sp³-hybridized carbons (Fsp3) is 0.611. The van der Waals surface area contributed by atoms with Crippen LogP contribution in [-0.4, -0.2) is 37.8 Å². The Morgan fingerprint density at radius 2 is 2.17 bits per heavy atom. The molecule has 1 aromatic carbocycles. The van der Waals surface area contributed by atoms with Gasteiger partial charge in [-0.25, -0.2) is 4.39 Å². The van der Waals surface area contributed by atoms with Gasteiger partial charge in [-0.05, 0) is 31.0 Å². The van der Waals surface area contributed by atoms with Gasteiger partial charge in [0.2, 0.25) is 5.91 Å². The van der Waals surface area contributed by atoms with E-state index in [-0.39, 0.29) is 17.8 Å². The zero-order valence-corrected chi connectivity index (χ0v) is 14.8. The predicted molar refractivity (Wildman–Crippen MR) is 90.4 cm³/mol. The molecule has 1 aliphatic rings. The summed E-state index contributed by atoms with van der Waals surface area (Å²) in [6.45, 7) is 6.85. The van der Waals surface area contributed by atoms with Crippen LogP contribution in [0, 0.1) is 11.2 Å². The number of benzene rings is 1. The maximum atomic E-state index is 13.7. The second kappa shape index (κ2) is 7.07. The molecule has 2 atom stereocenters. The van der Waals surface area contributed by atoms with Crippen molar-refractivity contribution in [3.63, 3.8) is 0 Å². The van der Waals surface area contributed by atoms with Gasteiger partial charge in [-0.1, -0.05) is 19.9 Å². The Hall–Kier alpha value is -1.66. The standard InChI is InChI=1S/C18H27FN2O3/c1-5-24-15-11-18(20,17(15,2)3)16(22)21-9-8-12-6-7-14(23-4)13(19)10-12/h6-7,10,15H,5,8-9,11,20H2,1-4H3,(H,21,22). The highest BCUT2D eigenvalue weighted by Gasteiger charge is 2.62. The van der Waals surface area contributed by atoms with Crippen molar-refractivity contribution in [1.29, 1.82) is 0 Å². The molecule has 3 N–H and O–H groups in total. The lowest BCUT2D eigenvalue weighted by Gasteiger charge is -2.57.